The molecule has 0 N–H and O–H groups in total. The normalized spacial score (nSPS) is 10.2. The molecule has 0 saturated heterocycles. The third kappa shape index (κ3) is 8790. The number of hydrogen-bond donors (Lipinski definition) is 0. The molecule has 0 fully saturated rings. The molecule has 0 spiro atoms. The Bertz CT molecular complexity index is 352. The molecule has 0 aromatic heterocycles. The van der Waals surface area contributed by atoms with E-state index < -0.39 is 31.5 Å². The summed E-state index contributed by atoms with van der Waals surface area (Å²) in [7, 11) is -16.2. The minimum absolute atomic E-state index is 0. The van der Waals surface area contributed by atoms with Crippen molar-refractivity contribution in [2.75, 3.05) is 0 Å². The molecule has 0 amide bonds. The first-order valence-electron chi connectivity index (χ1n) is 1.96. The van der Waals surface area contributed by atoms with E-state index in [0.717, 1.165) is 0 Å². The van der Waals surface area contributed by atoms with E-state index in [-0.39, 0.29) is 35.9 Å². The van der Waals surface area contributed by atoms with Gasteiger partial charge in [0.05, 0.1) is 0 Å². The number of rotatable bonds is 0. The molecule has 17 heavy (non-hydrogen) atoms. The maximum absolute atomic E-state index is 10.1. The summed E-state index contributed by atoms with van der Waals surface area (Å²) in [6.07, 6.45) is 0. The van der Waals surface area contributed by atoms with Crippen LogP contribution >= 0.6 is 0 Å². The largest absolute Gasteiger partial charge is 2.00 e. The molecule has 0 heterocycles. The van der Waals surface area contributed by atoms with Crippen LogP contribution in [-0.4, -0.2) is 38.9 Å². The quantitative estimate of drug-likeness (QED) is 0.234. The molecule has 0 rings (SSSR count). The summed E-state index contributed by atoms with van der Waals surface area (Å²) >= 11 is 0. The summed E-state index contributed by atoms with van der Waals surface area (Å²) in [5.41, 5.74) is 0. The van der Waals surface area contributed by atoms with E-state index in [1.54, 1.807) is 0 Å². The molecule has 0 aromatic carbocycles. The van der Waals surface area contributed by atoms with Crippen molar-refractivity contribution in [1.82, 2.24) is 0 Å². The molecule has 0 atom stereocenters. The molecule has 0 aliphatic carbocycles. The summed E-state index contributed by atoms with van der Waals surface area (Å²) in [6.45, 7) is 0. The summed E-state index contributed by atoms with van der Waals surface area (Å²) in [5.74, 6) is 0. The zero-order valence-corrected chi connectivity index (χ0v) is 10.9. The summed E-state index contributed by atoms with van der Waals surface area (Å²) in [6, 6.07) is 0. The van der Waals surface area contributed by atoms with Gasteiger partial charge in [0.1, 0.15) is 0 Å². The Morgan fingerprint density at radius 1 is 0.588 bits per heavy atom. The van der Waals surface area contributed by atoms with E-state index in [4.69, 9.17) is 38.9 Å². The molecule has 0 aliphatic rings. The van der Waals surface area contributed by atoms with Crippen LogP contribution in [0.4, 0.5) is 11.7 Å². The van der Waals surface area contributed by atoms with E-state index in [2.05, 4.69) is 0 Å². The van der Waals surface area contributed by atoms with Gasteiger partial charge in [0.2, 0.25) is 0 Å². The van der Waals surface area contributed by atoms with Gasteiger partial charge >= 0.3 is 35.9 Å². The second kappa shape index (κ2) is 11.7. The van der Waals surface area contributed by atoms with E-state index in [1.807, 2.05) is 0 Å². The molecule has 0 saturated carbocycles. The Morgan fingerprint density at radius 2 is 0.588 bits per heavy atom. The van der Waals surface area contributed by atoms with Gasteiger partial charge in [-0.1, -0.05) is 0 Å². The predicted octanol–water partition coefficient (Wildman–Crippen LogP) is -4.75. The van der Waals surface area contributed by atoms with Gasteiger partial charge in [0, 0.05) is 0 Å². The maximum Gasteiger partial charge on any atom is 2.00 e. The zero-order chi connectivity index (χ0) is 13.5. The van der Waals surface area contributed by atoms with Crippen molar-refractivity contribution in [2.24, 2.45) is 0 Å². The van der Waals surface area contributed by atoms with E-state index in [1.165, 1.54) is 0 Å². The first kappa shape index (κ1) is 30.6. The SMILES string of the molecule is O=S(=O)([O-])F.O=S(=O)([O-])F.O=S(=O)([O-])F.[Fe+2].[Li+]. The Kier molecular flexibility index (Phi) is 21.1. The Labute approximate surface area is 118 Å². The number of halogens is 3. The first-order chi connectivity index (χ1) is 6.00. The van der Waals surface area contributed by atoms with Crippen LogP contribution in [0, 0.1) is 0 Å². The van der Waals surface area contributed by atoms with Crippen LogP contribution in [-0.2, 0) is 48.6 Å². The van der Waals surface area contributed by atoms with Crippen molar-refractivity contribution >= 4 is 31.5 Å². The summed E-state index contributed by atoms with van der Waals surface area (Å²) in [4.78, 5) is 0. The fourth-order valence-corrected chi connectivity index (χ4v) is 0. The molecular formula is F3FeLiO9S3. The van der Waals surface area contributed by atoms with Crippen molar-refractivity contribution in [3.05, 3.63) is 0 Å². The van der Waals surface area contributed by atoms with Crippen molar-refractivity contribution in [1.29, 1.82) is 0 Å². The van der Waals surface area contributed by atoms with Gasteiger partial charge in [-0.3, -0.25) is 0 Å². The standard InChI is InChI=1S/3FHO3S.Fe.Li/c3*1-5(2,3)4;;/h3*(H,2,3,4);;/q;;;+2;+1/p-3. The second-order valence-electron chi connectivity index (χ2n) is 1.18. The molecule has 9 nitrogen and oxygen atoms in total. The fourth-order valence-electron chi connectivity index (χ4n) is 0. The molecule has 0 aliphatic heterocycles. The summed E-state index contributed by atoms with van der Waals surface area (Å²) in [5, 5.41) is 0. The van der Waals surface area contributed by atoms with Crippen LogP contribution in [0.2, 0.25) is 0 Å². The average Bonchev–Trinajstić information content (AvgIpc) is 1.41. The van der Waals surface area contributed by atoms with E-state index >= 15 is 0 Å². The van der Waals surface area contributed by atoms with Crippen LogP contribution in [0.1, 0.15) is 0 Å². The van der Waals surface area contributed by atoms with E-state index in [0.29, 0.717) is 0 Å². The number of hydrogen-bond acceptors (Lipinski definition) is 9. The van der Waals surface area contributed by atoms with Crippen molar-refractivity contribution in [3.8, 4) is 0 Å². The molecule has 102 valence electrons. The average molecular weight is 360 g/mol. The molecule has 17 heteroatoms. The first-order valence-corrected chi connectivity index (χ1v) is 5.89. The van der Waals surface area contributed by atoms with Gasteiger partial charge in [0.25, 0.3) is 31.5 Å². The van der Waals surface area contributed by atoms with Crippen LogP contribution in [0.3, 0.4) is 0 Å². The maximum atomic E-state index is 10.1. The molecule has 0 aromatic rings. The van der Waals surface area contributed by atoms with Gasteiger partial charge in [-0.2, -0.15) is 0 Å². The van der Waals surface area contributed by atoms with Gasteiger partial charge in [-0.25, -0.2) is 25.3 Å². The van der Waals surface area contributed by atoms with Gasteiger partial charge in [0.15, 0.2) is 0 Å². The Morgan fingerprint density at radius 3 is 0.588 bits per heavy atom. The minimum atomic E-state index is -5.42. The van der Waals surface area contributed by atoms with Crippen LogP contribution in [0.25, 0.3) is 0 Å². The molecule has 0 bridgehead atoms. The van der Waals surface area contributed by atoms with Crippen molar-refractivity contribution in [2.45, 2.75) is 0 Å². The zero-order valence-electron chi connectivity index (χ0n) is 7.39. The monoisotopic (exact) mass is 360 g/mol. The van der Waals surface area contributed by atoms with E-state index in [9.17, 15) is 11.7 Å². The van der Waals surface area contributed by atoms with Gasteiger partial charge in [-0.15, -0.1) is 11.7 Å². The van der Waals surface area contributed by atoms with Crippen LogP contribution in [0.15, 0.2) is 0 Å². The fraction of sp³-hybridized carbons (Fsp3) is 0. The van der Waals surface area contributed by atoms with Gasteiger partial charge < -0.3 is 13.7 Å². The summed E-state index contributed by atoms with van der Waals surface area (Å²) < 4.78 is 106. The molecule has 0 radical (unpaired) electrons. The van der Waals surface area contributed by atoms with Crippen LogP contribution in [0.5, 0.6) is 0 Å². The smallest absolute Gasteiger partial charge is 0.722 e. The Balaban J connectivity index is -0.0000000400. The van der Waals surface area contributed by atoms with Crippen molar-refractivity contribution < 1.29 is 86.5 Å². The second-order valence-corrected chi connectivity index (χ2v) is 3.54. The molecular weight excluding hydrogens is 360 g/mol. The third-order valence-electron chi connectivity index (χ3n) is 0. The topological polar surface area (TPSA) is 172 Å². The van der Waals surface area contributed by atoms with Gasteiger partial charge in [-0.05, 0) is 0 Å². The van der Waals surface area contributed by atoms with Crippen LogP contribution < -0.4 is 18.9 Å². The Hall–Kier alpha value is 0.637. The predicted molar refractivity (Wildman–Crippen MR) is 32.4 cm³/mol. The molecule has 0 unspecified atom stereocenters. The minimum Gasteiger partial charge on any atom is -0.722 e. The van der Waals surface area contributed by atoms with Crippen molar-refractivity contribution in [3.63, 3.8) is 0 Å². The third-order valence-corrected chi connectivity index (χ3v) is 0.